The van der Waals surface area contributed by atoms with Crippen LogP contribution < -0.4 is 5.73 Å². The van der Waals surface area contributed by atoms with Gasteiger partial charge in [0.15, 0.2) is 0 Å². The van der Waals surface area contributed by atoms with Crippen LogP contribution in [0.25, 0.3) is 0 Å². The lowest BCUT2D eigenvalue weighted by Gasteiger charge is -2.48. The Morgan fingerprint density at radius 3 is 2.04 bits per heavy atom. The number of esters is 2. The van der Waals surface area contributed by atoms with Crippen molar-refractivity contribution in [3.63, 3.8) is 0 Å². The van der Waals surface area contributed by atoms with Crippen LogP contribution in [0.2, 0.25) is 16.6 Å². The van der Waals surface area contributed by atoms with E-state index in [9.17, 15) is 9.59 Å². The first kappa shape index (κ1) is 24.8. The third-order valence-corrected chi connectivity index (χ3v) is 12.2. The average Bonchev–Trinajstić information content (AvgIpc) is 3.12. The van der Waals surface area contributed by atoms with Crippen molar-refractivity contribution in [3.8, 4) is 0 Å². The quantitative estimate of drug-likeness (QED) is 0.337. The standard InChI is InChI=1S/C20H35NO5SSi/c1-9-25-18(22)17(16-10-11-27-12-16)20(21,19(23)24-8)26-28(13(2)3,14(4)5)15(6)7/h10-15,17H,9,21H2,1-8H3/t17-,20-/m1/s1. The van der Waals surface area contributed by atoms with E-state index in [-0.39, 0.29) is 23.2 Å². The van der Waals surface area contributed by atoms with Crippen LogP contribution >= 0.6 is 11.3 Å². The lowest BCUT2D eigenvalue weighted by atomic mass is 9.90. The van der Waals surface area contributed by atoms with E-state index in [4.69, 9.17) is 19.6 Å². The molecule has 6 nitrogen and oxygen atoms in total. The van der Waals surface area contributed by atoms with Crippen molar-refractivity contribution >= 4 is 31.6 Å². The predicted octanol–water partition coefficient (Wildman–Crippen LogP) is 4.41. The van der Waals surface area contributed by atoms with E-state index in [1.165, 1.54) is 18.4 Å². The summed E-state index contributed by atoms with van der Waals surface area (Å²) in [6, 6.07) is 1.77. The molecule has 0 aromatic carbocycles. The average molecular weight is 430 g/mol. The van der Waals surface area contributed by atoms with Crippen molar-refractivity contribution in [2.75, 3.05) is 13.7 Å². The molecule has 0 aliphatic rings. The summed E-state index contributed by atoms with van der Waals surface area (Å²) in [4.78, 5) is 25.9. The highest BCUT2D eigenvalue weighted by atomic mass is 32.1. The van der Waals surface area contributed by atoms with Crippen molar-refractivity contribution in [3.05, 3.63) is 22.4 Å². The Bertz CT molecular complexity index is 625. The Morgan fingerprint density at radius 1 is 1.14 bits per heavy atom. The Balaban J connectivity index is 3.66. The van der Waals surface area contributed by atoms with Crippen LogP contribution in [0.4, 0.5) is 0 Å². The number of methoxy groups -OCH3 is 1. The molecule has 0 spiro atoms. The molecule has 0 radical (unpaired) electrons. The van der Waals surface area contributed by atoms with E-state index in [1.54, 1.807) is 18.4 Å². The van der Waals surface area contributed by atoms with Gasteiger partial charge in [-0.05, 0) is 45.9 Å². The molecular weight excluding hydrogens is 394 g/mol. The SMILES string of the molecule is CCOC(=O)[C@@H](c1ccsc1)[C@@](N)(O[Si](C(C)C)(C(C)C)C(C)C)C(=O)OC. The lowest BCUT2D eigenvalue weighted by Crippen LogP contribution is -2.65. The number of thiophene rings is 1. The Labute approximate surface area is 173 Å². The summed E-state index contributed by atoms with van der Waals surface area (Å²) >= 11 is 1.42. The summed E-state index contributed by atoms with van der Waals surface area (Å²) in [5, 5.41) is 3.62. The van der Waals surface area contributed by atoms with Crippen molar-refractivity contribution in [1.82, 2.24) is 0 Å². The minimum absolute atomic E-state index is 0.172. The van der Waals surface area contributed by atoms with Gasteiger partial charge in [-0.25, -0.2) is 4.79 Å². The topological polar surface area (TPSA) is 87.9 Å². The summed E-state index contributed by atoms with van der Waals surface area (Å²) in [5.41, 5.74) is 5.80. The van der Waals surface area contributed by atoms with E-state index in [2.05, 4.69) is 41.5 Å². The molecular formula is C20H35NO5SSi. The molecule has 1 aromatic heterocycles. The van der Waals surface area contributed by atoms with Gasteiger partial charge in [0.1, 0.15) is 5.92 Å². The van der Waals surface area contributed by atoms with E-state index >= 15 is 0 Å². The van der Waals surface area contributed by atoms with Crippen LogP contribution in [0.3, 0.4) is 0 Å². The maximum Gasteiger partial charge on any atom is 0.353 e. The molecule has 1 rings (SSSR count). The van der Waals surface area contributed by atoms with Gasteiger partial charge in [-0.2, -0.15) is 11.3 Å². The summed E-state index contributed by atoms with van der Waals surface area (Å²) < 4.78 is 17.0. The molecule has 2 atom stereocenters. The van der Waals surface area contributed by atoms with Crippen LogP contribution in [-0.4, -0.2) is 39.7 Å². The van der Waals surface area contributed by atoms with Crippen molar-refractivity contribution < 1.29 is 23.5 Å². The molecule has 160 valence electrons. The number of nitrogens with two attached hydrogens (primary N) is 1. The largest absolute Gasteiger partial charge is 0.466 e. The monoisotopic (exact) mass is 429 g/mol. The number of rotatable bonds is 10. The zero-order valence-electron chi connectivity index (χ0n) is 18.3. The van der Waals surface area contributed by atoms with E-state index < -0.39 is 31.9 Å². The number of carbonyl (C=O) groups excluding carboxylic acids is 2. The first-order chi connectivity index (χ1) is 13.0. The maximum absolute atomic E-state index is 13.0. The second-order valence-corrected chi connectivity index (χ2v) is 14.1. The van der Waals surface area contributed by atoms with Gasteiger partial charge in [-0.1, -0.05) is 41.5 Å². The van der Waals surface area contributed by atoms with Gasteiger partial charge in [0.2, 0.25) is 14.0 Å². The normalized spacial score (nSPS) is 15.6. The number of hydrogen-bond donors (Lipinski definition) is 1. The number of hydrogen-bond acceptors (Lipinski definition) is 7. The molecule has 8 heteroatoms. The molecule has 0 saturated heterocycles. The van der Waals surface area contributed by atoms with Gasteiger partial charge >= 0.3 is 11.9 Å². The summed E-state index contributed by atoms with van der Waals surface area (Å²) in [6.45, 7) is 14.4. The molecule has 28 heavy (non-hydrogen) atoms. The van der Waals surface area contributed by atoms with E-state index in [1.807, 2.05) is 5.38 Å². The Kier molecular flexibility index (Phi) is 8.86. The minimum atomic E-state index is -2.62. The van der Waals surface area contributed by atoms with Crippen LogP contribution in [0.15, 0.2) is 16.8 Å². The van der Waals surface area contributed by atoms with Crippen LogP contribution in [-0.2, 0) is 23.5 Å². The summed E-state index contributed by atoms with van der Waals surface area (Å²) in [7, 11) is -1.36. The highest BCUT2D eigenvalue weighted by molar-refractivity contribution is 7.08. The molecule has 0 aliphatic heterocycles. The second-order valence-electron chi connectivity index (χ2n) is 7.95. The van der Waals surface area contributed by atoms with Crippen LogP contribution in [0.1, 0.15) is 59.9 Å². The van der Waals surface area contributed by atoms with Crippen molar-refractivity contribution in [1.29, 1.82) is 0 Å². The minimum Gasteiger partial charge on any atom is -0.466 e. The lowest BCUT2D eigenvalue weighted by molar-refractivity contribution is -0.171. The Morgan fingerprint density at radius 2 is 1.68 bits per heavy atom. The van der Waals surface area contributed by atoms with Gasteiger partial charge in [-0.3, -0.25) is 10.5 Å². The summed E-state index contributed by atoms with van der Waals surface area (Å²) in [6.07, 6.45) is 0. The zero-order chi connectivity index (χ0) is 21.7. The molecule has 1 heterocycles. The molecule has 2 N–H and O–H groups in total. The third kappa shape index (κ3) is 4.67. The van der Waals surface area contributed by atoms with Crippen LogP contribution in [0, 0.1) is 0 Å². The molecule has 0 unspecified atom stereocenters. The van der Waals surface area contributed by atoms with E-state index in [0.717, 1.165) is 0 Å². The first-order valence-electron chi connectivity index (χ1n) is 9.75. The number of carbonyl (C=O) groups is 2. The molecule has 0 aliphatic carbocycles. The van der Waals surface area contributed by atoms with Crippen molar-refractivity contribution in [2.45, 2.75) is 76.7 Å². The van der Waals surface area contributed by atoms with Gasteiger partial charge in [0.05, 0.1) is 13.7 Å². The first-order valence-corrected chi connectivity index (χ1v) is 12.8. The fourth-order valence-electron chi connectivity index (χ4n) is 4.25. The van der Waals surface area contributed by atoms with Gasteiger partial charge in [-0.15, -0.1) is 0 Å². The van der Waals surface area contributed by atoms with Crippen molar-refractivity contribution in [2.24, 2.45) is 5.73 Å². The fraction of sp³-hybridized carbons (Fsp3) is 0.700. The Hall–Kier alpha value is -1.22. The molecule has 0 amide bonds. The zero-order valence-corrected chi connectivity index (χ0v) is 20.1. The highest BCUT2D eigenvalue weighted by Crippen LogP contribution is 2.46. The highest BCUT2D eigenvalue weighted by Gasteiger charge is 2.58. The third-order valence-electron chi connectivity index (χ3n) is 5.38. The van der Waals surface area contributed by atoms with Gasteiger partial charge < -0.3 is 13.9 Å². The predicted molar refractivity (Wildman–Crippen MR) is 115 cm³/mol. The summed E-state index contributed by atoms with van der Waals surface area (Å²) in [5.74, 6) is -2.46. The number of ether oxygens (including phenoxy) is 2. The smallest absolute Gasteiger partial charge is 0.353 e. The maximum atomic E-state index is 13.0. The van der Waals surface area contributed by atoms with E-state index in [0.29, 0.717) is 5.56 Å². The fourth-order valence-corrected chi connectivity index (χ4v) is 10.4. The molecule has 1 aromatic rings. The van der Waals surface area contributed by atoms with Gasteiger partial charge in [0.25, 0.3) is 0 Å². The second kappa shape index (κ2) is 10.0. The molecule has 0 saturated carbocycles. The molecule has 0 bridgehead atoms. The van der Waals surface area contributed by atoms with Crippen LogP contribution in [0.5, 0.6) is 0 Å². The van der Waals surface area contributed by atoms with Gasteiger partial charge in [0, 0.05) is 0 Å². The molecule has 0 fully saturated rings.